The van der Waals surface area contributed by atoms with Gasteiger partial charge in [0.1, 0.15) is 0 Å². The summed E-state index contributed by atoms with van der Waals surface area (Å²) in [5.41, 5.74) is 0.905. The number of likely N-dealkylation sites (tertiary alicyclic amines) is 1. The van der Waals surface area contributed by atoms with Crippen molar-refractivity contribution in [1.82, 2.24) is 9.88 Å². The molecule has 6 heteroatoms. The summed E-state index contributed by atoms with van der Waals surface area (Å²) in [6.45, 7) is 2.81. The number of ether oxygens (including phenoxy) is 3. The number of nitrogens with zero attached hydrogens (tertiary/aromatic N) is 2. The van der Waals surface area contributed by atoms with Crippen LogP contribution in [0.3, 0.4) is 0 Å². The fourth-order valence-electron chi connectivity index (χ4n) is 3.17. The first kappa shape index (κ1) is 15.4. The zero-order valence-electron chi connectivity index (χ0n) is 12.8. The number of carbonyl (C=O) groups excluding carboxylic acids is 1. The van der Waals surface area contributed by atoms with Gasteiger partial charge in [0, 0.05) is 25.8 Å². The Kier molecular flexibility index (Phi) is 5.02. The molecule has 0 N–H and O–H groups in total. The van der Waals surface area contributed by atoms with Gasteiger partial charge in [0.25, 0.3) is 0 Å². The minimum atomic E-state index is 0.0148. The molecule has 3 rings (SSSR count). The van der Waals surface area contributed by atoms with Gasteiger partial charge < -0.3 is 19.1 Å². The van der Waals surface area contributed by atoms with E-state index in [-0.39, 0.29) is 24.0 Å². The smallest absolute Gasteiger partial charge is 0.225 e. The van der Waals surface area contributed by atoms with Crippen molar-refractivity contribution in [3.63, 3.8) is 0 Å². The van der Waals surface area contributed by atoms with E-state index in [0.29, 0.717) is 39.4 Å². The van der Waals surface area contributed by atoms with Crippen LogP contribution in [-0.2, 0) is 25.6 Å². The lowest BCUT2D eigenvalue weighted by molar-refractivity contribution is -0.133. The quantitative estimate of drug-likeness (QED) is 0.780. The minimum absolute atomic E-state index is 0.0148. The summed E-state index contributed by atoms with van der Waals surface area (Å²) in [7, 11) is 1.61. The Hall–Kier alpha value is -1.50. The number of aromatic nitrogens is 1. The van der Waals surface area contributed by atoms with Gasteiger partial charge in [-0.25, -0.2) is 0 Å². The maximum absolute atomic E-state index is 12.3. The van der Waals surface area contributed by atoms with Crippen LogP contribution in [0, 0.1) is 5.92 Å². The van der Waals surface area contributed by atoms with Gasteiger partial charge in [-0.15, -0.1) is 0 Å². The summed E-state index contributed by atoms with van der Waals surface area (Å²) in [5, 5.41) is 0. The van der Waals surface area contributed by atoms with Gasteiger partial charge in [0.05, 0.1) is 50.7 Å². The highest BCUT2D eigenvalue weighted by Gasteiger charge is 2.47. The predicted octanol–water partition coefficient (Wildman–Crippen LogP) is 0.860. The Bertz CT molecular complexity index is 496. The van der Waals surface area contributed by atoms with Gasteiger partial charge in [0.15, 0.2) is 0 Å². The van der Waals surface area contributed by atoms with Crippen molar-refractivity contribution in [1.29, 1.82) is 0 Å². The topological polar surface area (TPSA) is 60.9 Å². The molecule has 1 amide bonds. The molecule has 6 nitrogen and oxygen atoms in total. The van der Waals surface area contributed by atoms with E-state index in [9.17, 15) is 4.79 Å². The fourth-order valence-corrected chi connectivity index (χ4v) is 3.17. The monoisotopic (exact) mass is 306 g/mol. The Morgan fingerprint density at radius 3 is 3.14 bits per heavy atom. The first-order valence-corrected chi connectivity index (χ1v) is 7.67. The van der Waals surface area contributed by atoms with Crippen molar-refractivity contribution in [2.75, 3.05) is 33.5 Å². The molecule has 22 heavy (non-hydrogen) atoms. The van der Waals surface area contributed by atoms with Crippen molar-refractivity contribution < 1.29 is 19.0 Å². The summed E-state index contributed by atoms with van der Waals surface area (Å²) in [4.78, 5) is 18.5. The summed E-state index contributed by atoms with van der Waals surface area (Å²) < 4.78 is 16.6. The molecule has 2 aliphatic rings. The van der Waals surface area contributed by atoms with Crippen LogP contribution in [0.2, 0.25) is 0 Å². The van der Waals surface area contributed by atoms with E-state index in [1.165, 1.54) is 0 Å². The third-order valence-corrected chi connectivity index (χ3v) is 4.36. The van der Waals surface area contributed by atoms with Crippen LogP contribution in [0.1, 0.15) is 12.1 Å². The lowest BCUT2D eigenvalue weighted by atomic mass is 10.0. The highest BCUT2D eigenvalue weighted by Crippen LogP contribution is 2.32. The van der Waals surface area contributed by atoms with Gasteiger partial charge in [-0.1, -0.05) is 6.07 Å². The Labute approximate surface area is 130 Å². The fraction of sp³-hybridized carbons (Fsp3) is 0.625. The van der Waals surface area contributed by atoms with Crippen LogP contribution in [0.5, 0.6) is 0 Å². The summed E-state index contributed by atoms with van der Waals surface area (Å²) in [5.74, 6) is 0.376. The molecule has 0 bridgehead atoms. The second kappa shape index (κ2) is 7.17. The van der Waals surface area contributed by atoms with E-state index in [2.05, 4.69) is 4.98 Å². The first-order valence-electron chi connectivity index (χ1n) is 7.67. The maximum Gasteiger partial charge on any atom is 0.225 e. The molecule has 120 valence electrons. The van der Waals surface area contributed by atoms with Crippen LogP contribution < -0.4 is 0 Å². The standard InChI is InChI=1S/C16H22N2O4/c1-20-7-5-16(19)18-8-15(13-10-21-11-14(13)18)22-9-12-4-2-3-6-17-12/h2-4,6,13-15H,5,7-11H2,1H3/t13-,14+,15+/m1/s1. The molecule has 3 atom stereocenters. The lowest BCUT2D eigenvalue weighted by Gasteiger charge is -2.22. The number of amides is 1. The van der Waals surface area contributed by atoms with E-state index in [1.807, 2.05) is 23.1 Å². The molecule has 0 aromatic carbocycles. The van der Waals surface area contributed by atoms with E-state index in [0.717, 1.165) is 5.69 Å². The van der Waals surface area contributed by atoms with Crippen molar-refractivity contribution in [3.05, 3.63) is 30.1 Å². The van der Waals surface area contributed by atoms with E-state index < -0.39 is 0 Å². The van der Waals surface area contributed by atoms with Crippen LogP contribution in [0.4, 0.5) is 0 Å². The lowest BCUT2D eigenvalue weighted by Crippen LogP contribution is -2.38. The molecule has 2 saturated heterocycles. The number of hydrogen-bond donors (Lipinski definition) is 0. The van der Waals surface area contributed by atoms with Gasteiger partial charge >= 0.3 is 0 Å². The average Bonchev–Trinajstić information content (AvgIpc) is 3.14. The molecule has 0 saturated carbocycles. The normalized spacial score (nSPS) is 27.1. The third kappa shape index (κ3) is 3.29. The highest BCUT2D eigenvalue weighted by atomic mass is 16.5. The van der Waals surface area contributed by atoms with Crippen molar-refractivity contribution in [2.45, 2.75) is 25.2 Å². The maximum atomic E-state index is 12.3. The van der Waals surface area contributed by atoms with Crippen molar-refractivity contribution >= 4 is 5.91 Å². The van der Waals surface area contributed by atoms with Crippen molar-refractivity contribution in [3.8, 4) is 0 Å². The van der Waals surface area contributed by atoms with Gasteiger partial charge in [-0.2, -0.15) is 0 Å². The van der Waals surface area contributed by atoms with E-state index in [1.54, 1.807) is 13.3 Å². The third-order valence-electron chi connectivity index (χ3n) is 4.36. The molecular formula is C16H22N2O4. The van der Waals surface area contributed by atoms with Crippen LogP contribution in [-0.4, -0.2) is 61.4 Å². The molecular weight excluding hydrogens is 284 g/mol. The number of fused-ring (bicyclic) bond motifs is 1. The zero-order chi connectivity index (χ0) is 15.4. The Balaban J connectivity index is 1.59. The molecule has 2 aliphatic heterocycles. The number of hydrogen-bond acceptors (Lipinski definition) is 5. The van der Waals surface area contributed by atoms with Crippen LogP contribution in [0.15, 0.2) is 24.4 Å². The Morgan fingerprint density at radius 2 is 2.36 bits per heavy atom. The van der Waals surface area contributed by atoms with Crippen LogP contribution >= 0.6 is 0 Å². The second-order valence-corrected chi connectivity index (χ2v) is 5.73. The number of pyridine rings is 1. The molecule has 0 spiro atoms. The summed E-state index contributed by atoms with van der Waals surface area (Å²) in [6.07, 6.45) is 2.18. The summed E-state index contributed by atoms with van der Waals surface area (Å²) >= 11 is 0. The van der Waals surface area contributed by atoms with Gasteiger partial charge in [-0.3, -0.25) is 9.78 Å². The number of methoxy groups -OCH3 is 1. The van der Waals surface area contributed by atoms with Gasteiger partial charge in [0.2, 0.25) is 5.91 Å². The minimum Gasteiger partial charge on any atom is -0.384 e. The molecule has 3 heterocycles. The number of carbonyl (C=O) groups is 1. The molecule has 0 aliphatic carbocycles. The van der Waals surface area contributed by atoms with Crippen LogP contribution in [0.25, 0.3) is 0 Å². The molecule has 1 aromatic rings. The van der Waals surface area contributed by atoms with E-state index in [4.69, 9.17) is 14.2 Å². The molecule has 2 fully saturated rings. The largest absolute Gasteiger partial charge is 0.384 e. The average molecular weight is 306 g/mol. The second-order valence-electron chi connectivity index (χ2n) is 5.73. The van der Waals surface area contributed by atoms with Gasteiger partial charge in [-0.05, 0) is 12.1 Å². The first-order chi connectivity index (χ1) is 10.8. The molecule has 0 unspecified atom stereocenters. The van der Waals surface area contributed by atoms with Crippen molar-refractivity contribution in [2.24, 2.45) is 5.92 Å². The summed E-state index contributed by atoms with van der Waals surface area (Å²) in [6, 6.07) is 5.91. The van der Waals surface area contributed by atoms with E-state index >= 15 is 0 Å². The zero-order valence-corrected chi connectivity index (χ0v) is 12.8. The molecule has 1 aromatic heterocycles. The molecule has 0 radical (unpaired) electrons. The predicted molar refractivity (Wildman–Crippen MR) is 79.1 cm³/mol. The Morgan fingerprint density at radius 1 is 1.45 bits per heavy atom. The SMILES string of the molecule is COCCC(=O)N1C[C@H](OCc2ccccn2)[C@@H]2COC[C@@H]21. The highest BCUT2D eigenvalue weighted by molar-refractivity contribution is 5.77. The number of rotatable bonds is 6.